The number of hydrogen-bond donors (Lipinski definition) is 1. The molecule has 0 unspecified atom stereocenters. The van der Waals surface area contributed by atoms with Crippen LogP contribution in [0, 0.1) is 5.92 Å². The Kier molecular flexibility index (Phi) is 6.11. The molecule has 6 nitrogen and oxygen atoms in total. The molecular weight excluding hydrogens is 322 g/mol. The van der Waals surface area contributed by atoms with Gasteiger partial charge >= 0.3 is 11.9 Å². The summed E-state index contributed by atoms with van der Waals surface area (Å²) in [5.41, 5.74) is 0.429. The van der Waals surface area contributed by atoms with Gasteiger partial charge in [-0.15, -0.1) is 0 Å². The van der Waals surface area contributed by atoms with Gasteiger partial charge in [0.1, 0.15) is 6.04 Å². The Morgan fingerprint density at radius 1 is 1.00 bits per heavy atom. The highest BCUT2D eigenvalue weighted by molar-refractivity contribution is 6.00. The van der Waals surface area contributed by atoms with Crippen molar-refractivity contribution < 1.29 is 23.9 Å². The summed E-state index contributed by atoms with van der Waals surface area (Å²) in [6.07, 6.45) is -0.00569. The maximum Gasteiger partial charge on any atom is 0.328 e. The zero-order valence-corrected chi connectivity index (χ0v) is 14.4. The number of amides is 1. The van der Waals surface area contributed by atoms with Gasteiger partial charge in [0.15, 0.2) is 0 Å². The molecule has 2 atom stereocenters. The molecular formula is C19H21NO5. The molecule has 0 spiro atoms. The quantitative estimate of drug-likeness (QED) is 0.814. The lowest BCUT2D eigenvalue weighted by Gasteiger charge is -2.22. The van der Waals surface area contributed by atoms with Gasteiger partial charge < -0.3 is 14.8 Å². The highest BCUT2D eigenvalue weighted by atomic mass is 16.5. The van der Waals surface area contributed by atoms with Crippen molar-refractivity contribution in [3.63, 3.8) is 0 Å². The molecule has 0 bridgehead atoms. The van der Waals surface area contributed by atoms with Gasteiger partial charge in [0, 0.05) is 5.56 Å². The van der Waals surface area contributed by atoms with Crippen LogP contribution in [0.4, 0.5) is 0 Å². The van der Waals surface area contributed by atoms with E-state index in [0.717, 1.165) is 10.8 Å². The van der Waals surface area contributed by atoms with Crippen molar-refractivity contribution in [1.82, 2.24) is 5.32 Å². The molecule has 6 heteroatoms. The molecule has 0 aromatic heterocycles. The number of nitrogens with one attached hydrogen (secondary N) is 1. The average Bonchev–Trinajstić information content (AvgIpc) is 2.64. The molecule has 2 aromatic rings. The van der Waals surface area contributed by atoms with Crippen LogP contribution in [-0.4, -0.2) is 38.1 Å². The first-order chi connectivity index (χ1) is 12.0. The molecule has 0 fully saturated rings. The van der Waals surface area contributed by atoms with Gasteiger partial charge in [0.25, 0.3) is 5.91 Å². The fourth-order valence-electron chi connectivity index (χ4n) is 2.58. The lowest BCUT2D eigenvalue weighted by Crippen LogP contribution is -2.46. The van der Waals surface area contributed by atoms with E-state index in [2.05, 4.69) is 10.1 Å². The normalized spacial score (nSPS) is 12.9. The number of benzene rings is 2. The summed E-state index contributed by atoms with van der Waals surface area (Å²) in [4.78, 5) is 36.0. The van der Waals surface area contributed by atoms with Gasteiger partial charge in [-0.25, -0.2) is 4.79 Å². The number of ether oxygens (including phenoxy) is 2. The summed E-state index contributed by atoms with van der Waals surface area (Å²) in [5, 5.41) is 4.60. The van der Waals surface area contributed by atoms with Crippen molar-refractivity contribution in [3.8, 4) is 0 Å². The first-order valence-corrected chi connectivity index (χ1v) is 7.90. The van der Waals surface area contributed by atoms with E-state index in [-0.39, 0.29) is 6.42 Å². The van der Waals surface area contributed by atoms with E-state index >= 15 is 0 Å². The minimum absolute atomic E-state index is 0.00569. The Balaban J connectivity index is 2.19. The fraction of sp³-hybridized carbons (Fsp3) is 0.316. The van der Waals surface area contributed by atoms with Gasteiger partial charge in [-0.05, 0) is 28.8 Å². The Labute approximate surface area is 146 Å². The maximum absolute atomic E-state index is 12.5. The zero-order chi connectivity index (χ0) is 18.4. The number of carbonyl (C=O) groups excluding carboxylic acids is 3. The molecule has 1 amide bonds. The van der Waals surface area contributed by atoms with Gasteiger partial charge in [-0.3, -0.25) is 9.59 Å². The number of esters is 2. The Morgan fingerprint density at radius 2 is 1.68 bits per heavy atom. The highest BCUT2D eigenvalue weighted by Crippen LogP contribution is 2.17. The number of carbonyl (C=O) groups is 3. The SMILES string of the molecule is COC(=O)C[C@@H](C)[C@H](NC(=O)c1ccc2ccccc2c1)C(=O)OC. The molecule has 132 valence electrons. The van der Waals surface area contributed by atoms with Crippen LogP contribution in [0.15, 0.2) is 42.5 Å². The number of hydrogen-bond acceptors (Lipinski definition) is 5. The third-order valence-corrected chi connectivity index (χ3v) is 4.04. The monoisotopic (exact) mass is 343 g/mol. The van der Waals surface area contributed by atoms with E-state index in [4.69, 9.17) is 4.74 Å². The molecule has 0 aliphatic rings. The maximum atomic E-state index is 12.5. The van der Waals surface area contributed by atoms with Crippen molar-refractivity contribution in [2.45, 2.75) is 19.4 Å². The smallest absolute Gasteiger partial charge is 0.328 e. The van der Waals surface area contributed by atoms with Crippen LogP contribution in [0.5, 0.6) is 0 Å². The van der Waals surface area contributed by atoms with E-state index < -0.39 is 29.8 Å². The Bertz CT molecular complexity index is 786. The molecule has 2 aromatic carbocycles. The summed E-state index contributed by atoms with van der Waals surface area (Å²) in [6, 6.07) is 12.0. The van der Waals surface area contributed by atoms with Crippen LogP contribution in [0.2, 0.25) is 0 Å². The Morgan fingerprint density at radius 3 is 2.32 bits per heavy atom. The standard InChI is InChI=1S/C19H21NO5/c1-12(10-16(21)24-2)17(19(23)25-3)20-18(22)15-9-8-13-6-4-5-7-14(13)11-15/h4-9,11-12,17H,10H2,1-3H3,(H,20,22)/t12-,17+/m1/s1. The first-order valence-electron chi connectivity index (χ1n) is 7.90. The molecule has 2 rings (SSSR count). The molecule has 25 heavy (non-hydrogen) atoms. The van der Waals surface area contributed by atoms with Crippen molar-refractivity contribution in [2.24, 2.45) is 5.92 Å². The van der Waals surface area contributed by atoms with Crippen LogP contribution in [-0.2, 0) is 19.1 Å². The van der Waals surface area contributed by atoms with E-state index in [0.29, 0.717) is 5.56 Å². The second-order valence-electron chi connectivity index (χ2n) is 5.79. The summed E-state index contributed by atoms with van der Waals surface area (Å²) in [5.74, 6) is -1.94. The summed E-state index contributed by atoms with van der Waals surface area (Å²) < 4.78 is 9.37. The van der Waals surface area contributed by atoms with Crippen molar-refractivity contribution in [2.75, 3.05) is 14.2 Å². The largest absolute Gasteiger partial charge is 0.469 e. The molecule has 0 saturated heterocycles. The molecule has 0 heterocycles. The molecule has 0 radical (unpaired) electrons. The van der Waals surface area contributed by atoms with Crippen molar-refractivity contribution >= 4 is 28.6 Å². The van der Waals surface area contributed by atoms with E-state index in [1.807, 2.05) is 30.3 Å². The number of fused-ring (bicyclic) bond motifs is 1. The molecule has 1 N–H and O–H groups in total. The van der Waals surface area contributed by atoms with Crippen LogP contribution >= 0.6 is 0 Å². The summed E-state index contributed by atoms with van der Waals surface area (Å²) >= 11 is 0. The predicted octanol–water partition coefficient (Wildman–Crippen LogP) is 2.31. The predicted molar refractivity (Wildman–Crippen MR) is 93.0 cm³/mol. The van der Waals surface area contributed by atoms with Crippen LogP contribution < -0.4 is 5.32 Å². The molecule has 0 aliphatic heterocycles. The first kappa shape index (κ1) is 18.4. The highest BCUT2D eigenvalue weighted by Gasteiger charge is 2.30. The minimum Gasteiger partial charge on any atom is -0.469 e. The summed E-state index contributed by atoms with van der Waals surface area (Å²) in [6.45, 7) is 1.68. The number of rotatable bonds is 6. The number of methoxy groups -OCH3 is 2. The van der Waals surface area contributed by atoms with E-state index in [1.165, 1.54) is 14.2 Å². The Hall–Kier alpha value is -2.89. The van der Waals surface area contributed by atoms with E-state index in [1.54, 1.807) is 19.1 Å². The second-order valence-corrected chi connectivity index (χ2v) is 5.79. The average molecular weight is 343 g/mol. The van der Waals surface area contributed by atoms with E-state index in [9.17, 15) is 14.4 Å². The fourth-order valence-corrected chi connectivity index (χ4v) is 2.58. The van der Waals surface area contributed by atoms with Gasteiger partial charge in [-0.2, -0.15) is 0 Å². The third kappa shape index (κ3) is 4.56. The summed E-state index contributed by atoms with van der Waals surface area (Å²) in [7, 11) is 2.51. The van der Waals surface area contributed by atoms with Crippen molar-refractivity contribution in [1.29, 1.82) is 0 Å². The molecule has 0 saturated carbocycles. The van der Waals surface area contributed by atoms with Crippen LogP contribution in [0.25, 0.3) is 10.8 Å². The van der Waals surface area contributed by atoms with Crippen LogP contribution in [0.1, 0.15) is 23.7 Å². The van der Waals surface area contributed by atoms with Gasteiger partial charge in [-0.1, -0.05) is 37.3 Å². The lowest BCUT2D eigenvalue weighted by molar-refractivity contribution is -0.146. The topological polar surface area (TPSA) is 81.7 Å². The zero-order valence-electron chi connectivity index (χ0n) is 14.4. The van der Waals surface area contributed by atoms with Crippen molar-refractivity contribution in [3.05, 3.63) is 48.0 Å². The third-order valence-electron chi connectivity index (χ3n) is 4.04. The van der Waals surface area contributed by atoms with Crippen LogP contribution in [0.3, 0.4) is 0 Å². The minimum atomic E-state index is -0.942. The second kappa shape index (κ2) is 8.28. The lowest BCUT2D eigenvalue weighted by atomic mass is 9.97. The van der Waals surface area contributed by atoms with Gasteiger partial charge in [0.05, 0.1) is 20.6 Å². The molecule has 0 aliphatic carbocycles. The van der Waals surface area contributed by atoms with Gasteiger partial charge in [0.2, 0.25) is 0 Å².